The quantitative estimate of drug-likeness (QED) is 0.0432. The zero-order valence-electron chi connectivity index (χ0n) is 27.7. The van der Waals surface area contributed by atoms with Crippen LogP contribution in [0.4, 0.5) is 0 Å². The van der Waals surface area contributed by atoms with E-state index >= 15 is 0 Å². The first-order valence-electron chi connectivity index (χ1n) is 16.7. The second-order valence-electron chi connectivity index (χ2n) is 12.4. The van der Waals surface area contributed by atoms with Gasteiger partial charge in [-0.1, -0.05) is 90.2 Å². The van der Waals surface area contributed by atoms with Crippen molar-refractivity contribution in [3.8, 4) is 0 Å². The molecular weight excluding hydrogens is 534 g/mol. The number of hydrogen-bond donors (Lipinski definition) is 0. The molecule has 0 bridgehead atoms. The van der Waals surface area contributed by atoms with Crippen LogP contribution in [0.1, 0.15) is 136 Å². The zero-order valence-corrected chi connectivity index (χ0v) is 27.7. The number of aliphatic carboxylic acids is 1. The number of quaternary nitrogens is 1. The van der Waals surface area contributed by atoms with Crippen molar-refractivity contribution < 1.29 is 38.2 Å². The number of carbonyl (C=O) groups is 3. The SMILES string of the molecule is CCCCC/C=C\CCCCCCCC(=O)OC(COCCC(C(=O)[O-])[N+](C)(C)C)COC(=O)CCCCCCCC. The molecule has 0 aliphatic rings. The number of carboxylic acids is 1. The van der Waals surface area contributed by atoms with E-state index in [2.05, 4.69) is 26.0 Å². The van der Waals surface area contributed by atoms with Crippen molar-refractivity contribution in [3.63, 3.8) is 0 Å². The number of allylic oxidation sites excluding steroid dienone is 2. The fourth-order valence-electron chi connectivity index (χ4n) is 4.71. The van der Waals surface area contributed by atoms with E-state index in [4.69, 9.17) is 14.2 Å². The zero-order chi connectivity index (χ0) is 31.5. The third-order valence-electron chi connectivity index (χ3n) is 7.40. The average molecular weight is 598 g/mol. The molecule has 0 amide bonds. The lowest BCUT2D eigenvalue weighted by molar-refractivity contribution is -0.889. The Labute approximate surface area is 257 Å². The van der Waals surface area contributed by atoms with Crippen LogP contribution in [0, 0.1) is 0 Å². The summed E-state index contributed by atoms with van der Waals surface area (Å²) in [7, 11) is 5.38. The van der Waals surface area contributed by atoms with Gasteiger partial charge in [0.05, 0.1) is 40.3 Å². The van der Waals surface area contributed by atoms with Gasteiger partial charge in [0.15, 0.2) is 6.10 Å². The van der Waals surface area contributed by atoms with E-state index in [1.807, 2.05) is 0 Å². The van der Waals surface area contributed by atoms with Gasteiger partial charge in [0.2, 0.25) is 0 Å². The molecule has 246 valence electrons. The summed E-state index contributed by atoms with van der Waals surface area (Å²) in [5, 5.41) is 11.5. The van der Waals surface area contributed by atoms with Crippen LogP contribution in [-0.2, 0) is 28.6 Å². The molecule has 0 saturated carbocycles. The van der Waals surface area contributed by atoms with E-state index in [9.17, 15) is 19.5 Å². The molecular formula is C34H63NO7. The number of nitrogens with zero attached hydrogens (tertiary/aromatic N) is 1. The number of carboxylic acid groups (broad SMARTS) is 1. The Bertz CT molecular complexity index is 717. The van der Waals surface area contributed by atoms with E-state index in [0.717, 1.165) is 51.4 Å². The maximum atomic E-state index is 12.5. The molecule has 0 aromatic carbocycles. The van der Waals surface area contributed by atoms with Gasteiger partial charge in [-0.3, -0.25) is 9.59 Å². The molecule has 0 rings (SSSR count). The molecule has 0 aliphatic carbocycles. The Balaban J connectivity index is 4.47. The molecule has 0 heterocycles. The Morgan fingerprint density at radius 1 is 0.690 bits per heavy atom. The number of esters is 2. The van der Waals surface area contributed by atoms with Gasteiger partial charge in [-0.2, -0.15) is 0 Å². The van der Waals surface area contributed by atoms with Crippen molar-refractivity contribution >= 4 is 17.9 Å². The van der Waals surface area contributed by atoms with E-state index in [0.29, 0.717) is 12.8 Å². The van der Waals surface area contributed by atoms with Crippen molar-refractivity contribution in [1.29, 1.82) is 0 Å². The van der Waals surface area contributed by atoms with Gasteiger partial charge in [-0.15, -0.1) is 0 Å². The number of hydrogen-bond acceptors (Lipinski definition) is 7. The molecule has 8 nitrogen and oxygen atoms in total. The largest absolute Gasteiger partial charge is 0.544 e. The van der Waals surface area contributed by atoms with Gasteiger partial charge < -0.3 is 28.6 Å². The van der Waals surface area contributed by atoms with E-state index < -0.39 is 18.1 Å². The summed E-state index contributed by atoms with van der Waals surface area (Å²) in [5.74, 6) is -1.76. The Morgan fingerprint density at radius 3 is 1.76 bits per heavy atom. The molecule has 0 spiro atoms. The molecule has 2 atom stereocenters. The summed E-state index contributed by atoms with van der Waals surface area (Å²) in [6, 6.07) is -0.719. The molecule has 42 heavy (non-hydrogen) atoms. The topological polar surface area (TPSA) is 102 Å². The summed E-state index contributed by atoms with van der Waals surface area (Å²) in [5.41, 5.74) is 0. The highest BCUT2D eigenvalue weighted by Gasteiger charge is 2.25. The lowest BCUT2D eigenvalue weighted by atomic mass is 10.1. The second kappa shape index (κ2) is 26.7. The van der Waals surface area contributed by atoms with Crippen LogP contribution in [0.2, 0.25) is 0 Å². The summed E-state index contributed by atoms with van der Waals surface area (Å²) in [4.78, 5) is 36.3. The minimum absolute atomic E-state index is 0.0406. The van der Waals surface area contributed by atoms with Crippen LogP contribution in [0.5, 0.6) is 0 Å². The number of rotatable bonds is 29. The Kier molecular flexibility index (Phi) is 25.5. The Hall–Kier alpha value is -1.93. The van der Waals surface area contributed by atoms with E-state index in [1.165, 1.54) is 51.4 Å². The van der Waals surface area contributed by atoms with Crippen molar-refractivity contribution in [3.05, 3.63) is 12.2 Å². The van der Waals surface area contributed by atoms with Crippen molar-refractivity contribution in [2.24, 2.45) is 0 Å². The smallest absolute Gasteiger partial charge is 0.306 e. The minimum atomic E-state index is -1.13. The van der Waals surface area contributed by atoms with Gasteiger partial charge in [0.1, 0.15) is 12.6 Å². The van der Waals surface area contributed by atoms with E-state index in [1.54, 1.807) is 21.1 Å². The monoisotopic (exact) mass is 597 g/mol. The summed E-state index contributed by atoms with van der Waals surface area (Å²) < 4.78 is 16.9. The average Bonchev–Trinajstić information content (AvgIpc) is 2.92. The molecule has 0 aromatic rings. The second-order valence-corrected chi connectivity index (χ2v) is 12.4. The number of likely N-dealkylation sites (N-methyl/N-ethyl adjacent to an activating group) is 1. The van der Waals surface area contributed by atoms with Crippen LogP contribution < -0.4 is 5.11 Å². The lowest BCUT2D eigenvalue weighted by Crippen LogP contribution is -2.55. The molecule has 8 heteroatoms. The summed E-state index contributed by atoms with van der Waals surface area (Å²) in [6.07, 6.45) is 22.5. The van der Waals surface area contributed by atoms with Crippen molar-refractivity contribution in [2.75, 3.05) is 41.0 Å². The highest BCUT2D eigenvalue weighted by Crippen LogP contribution is 2.12. The van der Waals surface area contributed by atoms with Crippen molar-refractivity contribution in [2.45, 2.75) is 148 Å². The minimum Gasteiger partial charge on any atom is -0.544 e. The van der Waals surface area contributed by atoms with Crippen LogP contribution in [0.15, 0.2) is 12.2 Å². The first kappa shape index (κ1) is 40.1. The molecule has 0 aromatic heterocycles. The third-order valence-corrected chi connectivity index (χ3v) is 7.40. The predicted molar refractivity (Wildman–Crippen MR) is 167 cm³/mol. The molecule has 0 N–H and O–H groups in total. The number of ether oxygens (including phenoxy) is 3. The van der Waals surface area contributed by atoms with Gasteiger partial charge in [-0.25, -0.2) is 0 Å². The molecule has 0 saturated heterocycles. The molecule has 0 fully saturated rings. The highest BCUT2D eigenvalue weighted by molar-refractivity contribution is 5.70. The molecule has 0 radical (unpaired) electrons. The van der Waals surface area contributed by atoms with Crippen molar-refractivity contribution in [1.82, 2.24) is 0 Å². The van der Waals surface area contributed by atoms with Crippen LogP contribution in [0.3, 0.4) is 0 Å². The summed E-state index contributed by atoms with van der Waals surface area (Å²) in [6.45, 7) is 4.54. The van der Waals surface area contributed by atoms with Crippen LogP contribution in [0.25, 0.3) is 0 Å². The van der Waals surface area contributed by atoms with Gasteiger partial charge >= 0.3 is 11.9 Å². The standard InChI is InChI=1S/C34H63NO7/c1-6-8-10-12-14-15-16-17-18-19-21-23-25-33(37)42-30(28-40-27-26-31(34(38)39)35(3,4)5)29-41-32(36)24-22-20-13-11-9-7-2/h14-15,30-31H,6-13,16-29H2,1-5H3/b15-14-. The normalized spacial score (nSPS) is 13.3. The van der Waals surface area contributed by atoms with Gasteiger partial charge in [0, 0.05) is 19.3 Å². The predicted octanol–water partition coefficient (Wildman–Crippen LogP) is 6.29. The van der Waals surface area contributed by atoms with Crippen LogP contribution in [-0.4, -0.2) is 75.5 Å². The lowest BCUT2D eigenvalue weighted by Gasteiger charge is -2.34. The molecule has 2 unspecified atom stereocenters. The van der Waals surface area contributed by atoms with Gasteiger partial charge in [-0.05, 0) is 38.5 Å². The van der Waals surface area contributed by atoms with Gasteiger partial charge in [0.25, 0.3) is 0 Å². The third kappa shape index (κ3) is 24.6. The molecule has 0 aliphatic heterocycles. The van der Waals surface area contributed by atoms with Crippen LogP contribution >= 0.6 is 0 Å². The Morgan fingerprint density at radius 2 is 1.19 bits per heavy atom. The van der Waals surface area contributed by atoms with E-state index in [-0.39, 0.29) is 42.7 Å². The maximum absolute atomic E-state index is 12.5. The first-order valence-corrected chi connectivity index (χ1v) is 16.7. The maximum Gasteiger partial charge on any atom is 0.306 e. The first-order chi connectivity index (χ1) is 20.1. The fraction of sp³-hybridized carbons (Fsp3) is 0.853. The fourth-order valence-corrected chi connectivity index (χ4v) is 4.71. The number of unbranched alkanes of at least 4 members (excludes halogenated alkanes) is 13. The summed E-state index contributed by atoms with van der Waals surface area (Å²) >= 11 is 0. The number of carbonyl (C=O) groups excluding carboxylic acids is 3. The highest BCUT2D eigenvalue weighted by atomic mass is 16.6.